The lowest BCUT2D eigenvalue weighted by Gasteiger charge is -2.03. The summed E-state index contributed by atoms with van der Waals surface area (Å²) in [5.74, 6) is 0.262. The van der Waals surface area contributed by atoms with Gasteiger partial charge in [-0.1, -0.05) is 53.8 Å². The number of aromatic nitrogens is 4. The standard InChI is InChI=1S/C20H12N4O2S/c25-12-26-17-11-27-20(22-17)24-16-9-2-1-7-14(16)19(23-24)15-8-3-5-13-6-4-10-21-18(13)15/h1-12H. The van der Waals surface area contributed by atoms with Gasteiger partial charge in [0.15, 0.2) is 0 Å². The number of thiazole rings is 1. The number of carbonyl (C=O) groups excluding carboxylic acids is 1. The van der Waals surface area contributed by atoms with E-state index >= 15 is 0 Å². The second-order valence-electron chi connectivity index (χ2n) is 5.84. The number of pyridine rings is 1. The molecular formula is C20H12N4O2S. The van der Waals surface area contributed by atoms with E-state index in [1.54, 1.807) is 16.3 Å². The zero-order valence-electron chi connectivity index (χ0n) is 13.9. The molecule has 0 N–H and O–H groups in total. The lowest BCUT2D eigenvalue weighted by atomic mass is 10.0. The van der Waals surface area contributed by atoms with E-state index in [4.69, 9.17) is 9.84 Å². The first-order valence-corrected chi connectivity index (χ1v) is 9.11. The monoisotopic (exact) mass is 372 g/mol. The number of hydrogen-bond acceptors (Lipinski definition) is 6. The van der Waals surface area contributed by atoms with E-state index in [1.165, 1.54) is 11.3 Å². The van der Waals surface area contributed by atoms with Crippen molar-refractivity contribution in [3.8, 4) is 22.3 Å². The number of ether oxygens (including phenoxy) is 1. The number of para-hydroxylation sites is 2. The minimum Gasteiger partial charge on any atom is -0.409 e. The molecule has 0 saturated heterocycles. The molecule has 0 amide bonds. The quantitative estimate of drug-likeness (QED) is 0.442. The summed E-state index contributed by atoms with van der Waals surface area (Å²) in [4.78, 5) is 19.5. The fraction of sp³-hybridized carbons (Fsp3) is 0. The van der Waals surface area contributed by atoms with Crippen LogP contribution >= 0.6 is 11.3 Å². The molecule has 0 saturated carbocycles. The van der Waals surface area contributed by atoms with Gasteiger partial charge in [0.25, 0.3) is 6.47 Å². The van der Waals surface area contributed by atoms with Gasteiger partial charge in [-0.2, -0.15) is 10.1 Å². The Morgan fingerprint density at radius 1 is 1.04 bits per heavy atom. The largest absolute Gasteiger partial charge is 0.409 e. The predicted molar refractivity (Wildman–Crippen MR) is 104 cm³/mol. The maximum atomic E-state index is 10.6. The number of fused-ring (bicyclic) bond motifs is 2. The molecule has 0 aliphatic heterocycles. The van der Waals surface area contributed by atoms with Gasteiger partial charge in [-0.15, -0.1) is 0 Å². The highest BCUT2D eigenvalue weighted by atomic mass is 32.1. The van der Waals surface area contributed by atoms with Crippen LogP contribution in [0.1, 0.15) is 0 Å². The van der Waals surface area contributed by atoms with Crippen LogP contribution in [-0.4, -0.2) is 26.2 Å². The van der Waals surface area contributed by atoms with Crippen LogP contribution in [0.15, 0.2) is 66.2 Å². The molecule has 7 heteroatoms. The molecule has 0 aliphatic carbocycles. The SMILES string of the molecule is O=COc1csc(-n2nc(-c3cccc4cccnc34)c3ccccc32)n1. The second-order valence-corrected chi connectivity index (χ2v) is 6.68. The van der Waals surface area contributed by atoms with Crippen molar-refractivity contribution in [2.75, 3.05) is 0 Å². The van der Waals surface area contributed by atoms with Gasteiger partial charge in [-0.05, 0) is 12.1 Å². The van der Waals surface area contributed by atoms with Gasteiger partial charge in [0.05, 0.1) is 16.4 Å². The summed E-state index contributed by atoms with van der Waals surface area (Å²) in [5, 5.41) is 9.20. The van der Waals surface area contributed by atoms with E-state index in [9.17, 15) is 4.79 Å². The molecule has 0 bridgehead atoms. The molecule has 3 aromatic heterocycles. The Hall–Kier alpha value is -3.58. The van der Waals surface area contributed by atoms with Gasteiger partial charge in [0, 0.05) is 22.5 Å². The first kappa shape index (κ1) is 15.7. The molecule has 0 atom stereocenters. The van der Waals surface area contributed by atoms with Gasteiger partial charge in [0.1, 0.15) is 5.69 Å². The number of hydrogen-bond donors (Lipinski definition) is 0. The normalized spacial score (nSPS) is 11.1. The van der Waals surface area contributed by atoms with Crippen LogP contribution in [0, 0.1) is 0 Å². The van der Waals surface area contributed by atoms with Crippen molar-refractivity contribution >= 4 is 39.6 Å². The average molecular weight is 372 g/mol. The summed E-state index contributed by atoms with van der Waals surface area (Å²) in [5.41, 5.74) is 3.62. The van der Waals surface area contributed by atoms with Crippen molar-refractivity contribution in [1.82, 2.24) is 19.7 Å². The van der Waals surface area contributed by atoms with E-state index < -0.39 is 0 Å². The Balaban J connectivity index is 1.77. The Bertz CT molecular complexity index is 1290. The Kier molecular flexibility index (Phi) is 3.65. The molecule has 3 heterocycles. The van der Waals surface area contributed by atoms with Crippen LogP contribution in [0.3, 0.4) is 0 Å². The lowest BCUT2D eigenvalue weighted by molar-refractivity contribution is -0.120. The Labute approximate surface area is 157 Å². The number of nitrogens with zero attached hydrogens (tertiary/aromatic N) is 4. The van der Waals surface area contributed by atoms with Crippen molar-refractivity contribution < 1.29 is 9.53 Å². The third-order valence-electron chi connectivity index (χ3n) is 4.30. The topological polar surface area (TPSA) is 69.9 Å². The maximum absolute atomic E-state index is 10.6. The van der Waals surface area contributed by atoms with Crippen LogP contribution in [0.2, 0.25) is 0 Å². The minimum atomic E-state index is 0.262. The Morgan fingerprint density at radius 3 is 2.85 bits per heavy atom. The highest BCUT2D eigenvalue weighted by Gasteiger charge is 2.17. The highest BCUT2D eigenvalue weighted by Crippen LogP contribution is 2.34. The van der Waals surface area contributed by atoms with Gasteiger partial charge in [-0.25, -0.2) is 4.68 Å². The van der Waals surface area contributed by atoms with Gasteiger partial charge in [0.2, 0.25) is 11.0 Å². The van der Waals surface area contributed by atoms with Crippen molar-refractivity contribution in [1.29, 1.82) is 0 Å². The molecule has 0 spiro atoms. The van der Waals surface area contributed by atoms with Crippen LogP contribution in [0.5, 0.6) is 5.88 Å². The third kappa shape index (κ3) is 2.56. The molecule has 5 aromatic rings. The van der Waals surface area contributed by atoms with E-state index in [0.717, 1.165) is 33.1 Å². The van der Waals surface area contributed by atoms with Gasteiger partial charge >= 0.3 is 0 Å². The van der Waals surface area contributed by atoms with E-state index in [-0.39, 0.29) is 5.88 Å². The van der Waals surface area contributed by atoms with Gasteiger partial charge < -0.3 is 4.74 Å². The fourth-order valence-electron chi connectivity index (χ4n) is 3.16. The maximum Gasteiger partial charge on any atom is 0.299 e. The molecule has 0 fully saturated rings. The summed E-state index contributed by atoms with van der Waals surface area (Å²) >= 11 is 1.36. The fourth-order valence-corrected chi connectivity index (χ4v) is 3.85. The highest BCUT2D eigenvalue weighted by molar-refractivity contribution is 7.12. The predicted octanol–water partition coefficient (Wildman–Crippen LogP) is 4.23. The van der Waals surface area contributed by atoms with Crippen LogP contribution in [0.25, 0.3) is 38.2 Å². The van der Waals surface area contributed by atoms with Crippen LogP contribution < -0.4 is 4.74 Å². The molecule has 5 rings (SSSR count). The molecule has 0 radical (unpaired) electrons. The molecular weight excluding hydrogens is 360 g/mol. The Morgan fingerprint density at radius 2 is 1.93 bits per heavy atom. The van der Waals surface area contributed by atoms with Crippen LogP contribution in [0.4, 0.5) is 0 Å². The summed E-state index contributed by atoms with van der Waals surface area (Å²) in [6.45, 7) is 0.368. The number of rotatable bonds is 4. The first-order chi connectivity index (χ1) is 13.3. The lowest BCUT2D eigenvalue weighted by Crippen LogP contribution is -1.97. The van der Waals surface area contributed by atoms with E-state index in [0.29, 0.717) is 11.6 Å². The number of carbonyl (C=O) groups is 1. The smallest absolute Gasteiger partial charge is 0.299 e. The van der Waals surface area contributed by atoms with Gasteiger partial charge in [-0.3, -0.25) is 9.78 Å². The molecule has 2 aromatic carbocycles. The van der Waals surface area contributed by atoms with Crippen molar-refractivity contribution in [3.63, 3.8) is 0 Å². The summed E-state index contributed by atoms with van der Waals surface area (Å²) < 4.78 is 6.61. The molecule has 6 nitrogen and oxygen atoms in total. The molecule has 0 unspecified atom stereocenters. The summed E-state index contributed by atoms with van der Waals surface area (Å²) in [6, 6.07) is 18.0. The minimum absolute atomic E-state index is 0.262. The summed E-state index contributed by atoms with van der Waals surface area (Å²) in [6.07, 6.45) is 1.79. The third-order valence-corrected chi connectivity index (χ3v) is 5.09. The number of benzene rings is 2. The van der Waals surface area contributed by atoms with E-state index in [2.05, 4.69) is 9.97 Å². The van der Waals surface area contributed by atoms with Crippen molar-refractivity contribution in [2.45, 2.75) is 0 Å². The zero-order valence-corrected chi connectivity index (χ0v) is 14.8. The first-order valence-electron chi connectivity index (χ1n) is 8.23. The molecule has 0 aliphatic rings. The van der Waals surface area contributed by atoms with Crippen molar-refractivity contribution in [2.24, 2.45) is 0 Å². The van der Waals surface area contributed by atoms with Crippen molar-refractivity contribution in [3.05, 3.63) is 66.2 Å². The molecule has 27 heavy (non-hydrogen) atoms. The summed E-state index contributed by atoms with van der Waals surface area (Å²) in [7, 11) is 0. The van der Waals surface area contributed by atoms with E-state index in [1.807, 2.05) is 54.6 Å². The average Bonchev–Trinajstić information content (AvgIpc) is 3.32. The van der Waals surface area contributed by atoms with Crippen LogP contribution in [-0.2, 0) is 4.79 Å². The second kappa shape index (κ2) is 6.30. The molecule has 130 valence electrons. The zero-order chi connectivity index (χ0) is 18.2.